The van der Waals surface area contributed by atoms with Crippen LogP contribution in [0.1, 0.15) is 10.4 Å². The van der Waals surface area contributed by atoms with E-state index in [9.17, 15) is 4.79 Å². The van der Waals surface area contributed by atoms with Crippen LogP contribution < -0.4 is 22.0 Å². The van der Waals surface area contributed by atoms with Gasteiger partial charge in [-0.1, -0.05) is 23.7 Å². The number of halogens is 2. The zero-order chi connectivity index (χ0) is 16.2. The largest absolute Gasteiger partial charge is 1.00 e. The maximum Gasteiger partial charge on any atom is 0.255 e. The fourth-order valence-electron chi connectivity index (χ4n) is 2.90. The van der Waals surface area contributed by atoms with E-state index in [-0.39, 0.29) is 18.3 Å². The van der Waals surface area contributed by atoms with Crippen molar-refractivity contribution in [3.63, 3.8) is 0 Å². The summed E-state index contributed by atoms with van der Waals surface area (Å²) in [7, 11) is 1.67. The molecule has 0 unspecified atom stereocenters. The molecule has 2 aromatic carbocycles. The van der Waals surface area contributed by atoms with E-state index < -0.39 is 0 Å². The molecule has 24 heavy (non-hydrogen) atoms. The van der Waals surface area contributed by atoms with E-state index >= 15 is 0 Å². The molecule has 0 radical (unpaired) electrons. The molecule has 128 valence electrons. The summed E-state index contributed by atoms with van der Waals surface area (Å²) in [5.41, 5.74) is 1.82. The fraction of sp³-hybridized carbons (Fsp3) is 0.278. The summed E-state index contributed by atoms with van der Waals surface area (Å²) >= 11 is 6.13. The summed E-state index contributed by atoms with van der Waals surface area (Å²) in [6.45, 7) is 3.24. The van der Waals surface area contributed by atoms with Crippen LogP contribution in [-0.2, 0) is 0 Å². The van der Waals surface area contributed by atoms with Crippen molar-refractivity contribution in [2.24, 2.45) is 0 Å². The molecule has 4 nitrogen and oxygen atoms in total. The van der Waals surface area contributed by atoms with Crippen LogP contribution in [0, 0.1) is 0 Å². The highest BCUT2D eigenvalue weighted by atomic mass is 35.5. The van der Waals surface area contributed by atoms with Gasteiger partial charge in [-0.05, 0) is 24.3 Å². The van der Waals surface area contributed by atoms with E-state index in [2.05, 4.69) is 12.1 Å². The Morgan fingerprint density at radius 3 is 2.29 bits per heavy atom. The van der Waals surface area contributed by atoms with Crippen molar-refractivity contribution in [3.05, 3.63) is 59.1 Å². The van der Waals surface area contributed by atoms with Gasteiger partial charge in [-0.2, -0.15) is 0 Å². The van der Waals surface area contributed by atoms with Gasteiger partial charge in [-0.15, -0.1) is 0 Å². The lowest BCUT2D eigenvalue weighted by molar-refractivity contribution is -0.837. The average Bonchev–Trinajstić information content (AvgIpc) is 2.62. The van der Waals surface area contributed by atoms with Crippen molar-refractivity contribution in [2.45, 2.75) is 0 Å². The second kappa shape index (κ2) is 8.38. The minimum Gasteiger partial charge on any atom is -1.00 e. The van der Waals surface area contributed by atoms with Crippen LogP contribution in [0.4, 0.5) is 5.69 Å². The van der Waals surface area contributed by atoms with Gasteiger partial charge in [0.2, 0.25) is 0 Å². The van der Waals surface area contributed by atoms with Gasteiger partial charge in [0.1, 0.15) is 11.4 Å². The third kappa shape index (κ3) is 4.01. The lowest BCUT2D eigenvalue weighted by atomic mass is 10.1. The fourth-order valence-corrected chi connectivity index (χ4v) is 3.12. The number of nitrogens with one attached hydrogen (secondary N) is 1. The topological polar surface area (TPSA) is 34.0 Å². The number of carbonyl (C=O) groups is 1. The molecule has 0 spiro atoms. The molecule has 1 aliphatic rings. The summed E-state index contributed by atoms with van der Waals surface area (Å²) in [5, 5.41) is 0.516. The number of rotatable bonds is 3. The Kier molecular flexibility index (Phi) is 6.49. The molecule has 3 rings (SSSR count). The van der Waals surface area contributed by atoms with Crippen LogP contribution in [0.15, 0.2) is 48.5 Å². The van der Waals surface area contributed by atoms with Crippen molar-refractivity contribution in [3.8, 4) is 5.75 Å². The van der Waals surface area contributed by atoms with Crippen LogP contribution in [0.3, 0.4) is 0 Å². The van der Waals surface area contributed by atoms with Gasteiger partial charge in [-0.3, -0.25) is 9.69 Å². The summed E-state index contributed by atoms with van der Waals surface area (Å²) in [5.74, 6) is 0.880. The van der Waals surface area contributed by atoms with Gasteiger partial charge in [0.05, 0.1) is 43.9 Å². The highest BCUT2D eigenvalue weighted by molar-refractivity contribution is 6.33. The van der Waals surface area contributed by atoms with Gasteiger partial charge in [0.15, 0.2) is 0 Å². The van der Waals surface area contributed by atoms with Crippen LogP contribution in [0.5, 0.6) is 5.75 Å². The summed E-state index contributed by atoms with van der Waals surface area (Å²) < 4.78 is 5.19. The molecule has 1 amide bonds. The van der Waals surface area contributed by atoms with E-state index in [4.69, 9.17) is 16.3 Å². The van der Waals surface area contributed by atoms with E-state index in [1.807, 2.05) is 29.2 Å². The smallest absolute Gasteiger partial charge is 0.255 e. The average molecular weight is 367 g/mol. The molecule has 1 fully saturated rings. The van der Waals surface area contributed by atoms with Crippen LogP contribution in [0.25, 0.3) is 0 Å². The number of methoxy groups -OCH3 is 1. The standard InChI is InChI=1S/C18H19ClN2O2.ClH/c1-23-15-8-6-14(7-9-15)20-10-12-21(13-11-20)18(22)16-4-2-3-5-17(16)19;/h2-9H,10-13H2,1H3;1H. The molecule has 0 saturated carbocycles. The maximum absolute atomic E-state index is 12.6. The van der Waals surface area contributed by atoms with Gasteiger partial charge in [0.25, 0.3) is 5.91 Å². The zero-order valence-corrected chi connectivity index (χ0v) is 15.0. The highest BCUT2D eigenvalue weighted by Crippen LogP contribution is 2.17. The van der Waals surface area contributed by atoms with Crippen molar-refractivity contribution in [2.75, 3.05) is 33.3 Å². The predicted molar refractivity (Wildman–Crippen MR) is 90.7 cm³/mol. The molecule has 6 heteroatoms. The normalized spacial score (nSPS) is 14.8. The number of amides is 1. The van der Waals surface area contributed by atoms with Crippen LogP contribution >= 0.6 is 11.6 Å². The van der Waals surface area contributed by atoms with Crippen molar-refractivity contribution in [1.82, 2.24) is 4.90 Å². The number of benzene rings is 2. The number of hydrogen-bond donors (Lipinski definition) is 1. The quantitative estimate of drug-likeness (QED) is 0.757. The Labute approximate surface area is 153 Å². The molecular formula is C18H20Cl2N2O2. The van der Waals surface area contributed by atoms with E-state index in [0.717, 1.165) is 31.9 Å². The van der Waals surface area contributed by atoms with Crippen LogP contribution in [0.2, 0.25) is 5.02 Å². The van der Waals surface area contributed by atoms with Gasteiger partial charge < -0.3 is 22.0 Å². The Hall–Kier alpha value is -1.75. The molecule has 1 saturated heterocycles. The minimum atomic E-state index is 0. The van der Waals surface area contributed by atoms with E-state index in [1.165, 1.54) is 10.6 Å². The van der Waals surface area contributed by atoms with Crippen LogP contribution in [-0.4, -0.2) is 44.1 Å². The first kappa shape index (κ1) is 18.6. The third-order valence-electron chi connectivity index (χ3n) is 4.26. The molecule has 0 bridgehead atoms. The second-order valence-corrected chi connectivity index (χ2v) is 6.01. The molecule has 1 heterocycles. The molecule has 1 aliphatic heterocycles. The SMILES string of the molecule is COc1ccc([NH+]2CCN(C(=O)c3ccccc3Cl)CC2)cc1.[Cl-]. The van der Waals surface area contributed by atoms with Gasteiger partial charge >= 0.3 is 0 Å². The minimum absolute atomic E-state index is 0. The molecule has 0 aliphatic carbocycles. The Morgan fingerprint density at radius 2 is 1.71 bits per heavy atom. The van der Waals surface area contributed by atoms with Crippen molar-refractivity contribution >= 4 is 23.2 Å². The summed E-state index contributed by atoms with van der Waals surface area (Å²) in [6, 6.07) is 15.3. The zero-order valence-electron chi connectivity index (χ0n) is 13.5. The number of quaternary nitrogens is 1. The number of ether oxygens (including phenoxy) is 1. The van der Waals surface area contributed by atoms with E-state index in [0.29, 0.717) is 10.6 Å². The first-order chi connectivity index (χ1) is 11.2. The maximum atomic E-state index is 12.6. The molecular weight excluding hydrogens is 347 g/mol. The van der Waals surface area contributed by atoms with Crippen molar-refractivity contribution < 1.29 is 26.8 Å². The summed E-state index contributed by atoms with van der Waals surface area (Å²) in [4.78, 5) is 15.8. The number of carbonyl (C=O) groups excluding carboxylic acids is 1. The Balaban J connectivity index is 0.00000208. The van der Waals surface area contributed by atoms with Gasteiger partial charge in [-0.25, -0.2) is 0 Å². The molecule has 0 atom stereocenters. The number of hydrogen-bond acceptors (Lipinski definition) is 2. The molecule has 1 N–H and O–H groups in total. The first-order valence-electron chi connectivity index (χ1n) is 7.72. The molecule has 0 aromatic heterocycles. The van der Waals surface area contributed by atoms with E-state index in [1.54, 1.807) is 19.2 Å². The summed E-state index contributed by atoms with van der Waals surface area (Å²) in [6.07, 6.45) is 0. The third-order valence-corrected chi connectivity index (χ3v) is 4.59. The van der Waals surface area contributed by atoms with Gasteiger partial charge in [0, 0.05) is 12.1 Å². The Morgan fingerprint density at radius 1 is 1.08 bits per heavy atom. The number of nitrogens with zero attached hydrogens (tertiary/aromatic N) is 1. The Bertz CT molecular complexity index is 684. The predicted octanol–water partition coefficient (Wildman–Crippen LogP) is -0.975. The lowest BCUT2D eigenvalue weighted by Crippen LogP contribution is -3.10. The second-order valence-electron chi connectivity index (χ2n) is 5.60. The first-order valence-corrected chi connectivity index (χ1v) is 8.10. The highest BCUT2D eigenvalue weighted by Gasteiger charge is 2.26. The lowest BCUT2D eigenvalue weighted by Gasteiger charge is -2.32. The number of piperazine rings is 1. The molecule has 2 aromatic rings. The van der Waals surface area contributed by atoms with Crippen molar-refractivity contribution in [1.29, 1.82) is 0 Å². The monoisotopic (exact) mass is 366 g/mol.